The van der Waals surface area contributed by atoms with E-state index in [1.54, 1.807) is 18.0 Å². The summed E-state index contributed by atoms with van der Waals surface area (Å²) in [4.78, 5) is 27.0. The number of carbonyl (C=O) groups is 2. The van der Waals surface area contributed by atoms with Gasteiger partial charge in [0.1, 0.15) is 0 Å². The Kier molecular flexibility index (Phi) is 3.10. The minimum atomic E-state index is -1.21. The molecule has 0 N–H and O–H groups in total. The van der Waals surface area contributed by atoms with Crippen LogP contribution in [0.5, 0.6) is 0 Å². The fourth-order valence-corrected chi connectivity index (χ4v) is 3.44. The average molecular weight is 319 g/mol. The van der Waals surface area contributed by atoms with Crippen LogP contribution in [0.1, 0.15) is 23.1 Å². The predicted molar refractivity (Wildman–Crippen MR) is 91.4 cm³/mol. The van der Waals surface area contributed by atoms with Crippen LogP contribution in [0.15, 0.2) is 54.3 Å². The molecular weight excluding hydrogens is 302 g/mol. The zero-order valence-corrected chi connectivity index (χ0v) is 13.6. The number of amides is 1. The summed E-state index contributed by atoms with van der Waals surface area (Å²) in [5.41, 5.74) is 2.28. The molecule has 1 atom stereocenters. The summed E-state index contributed by atoms with van der Waals surface area (Å²) in [5, 5.41) is 0. The predicted octanol–water partition coefficient (Wildman–Crippen LogP) is 3.20. The van der Waals surface area contributed by atoms with Crippen molar-refractivity contribution in [3.8, 4) is 0 Å². The molecule has 120 valence electrons. The number of carbonyl (C=O) groups excluding carboxylic acids is 2. The second kappa shape index (κ2) is 5.06. The first-order valence-corrected chi connectivity index (χ1v) is 7.89. The van der Waals surface area contributed by atoms with Crippen LogP contribution in [0.4, 0.5) is 5.69 Å². The molecule has 2 aromatic carbocycles. The molecule has 4 rings (SSSR count). The highest BCUT2D eigenvalue weighted by molar-refractivity contribution is 6.13. The third-order valence-corrected chi connectivity index (χ3v) is 4.66. The molecule has 2 aliphatic rings. The Balaban J connectivity index is 1.81. The summed E-state index contributed by atoms with van der Waals surface area (Å²) in [6.07, 6.45) is 1.75. The van der Waals surface area contributed by atoms with Crippen molar-refractivity contribution in [3.63, 3.8) is 0 Å². The monoisotopic (exact) mass is 319 g/mol. The normalized spacial score (nSPS) is 23.9. The topological polar surface area (TPSA) is 46.6 Å². The molecule has 24 heavy (non-hydrogen) atoms. The summed E-state index contributed by atoms with van der Waals surface area (Å²) >= 11 is 0. The van der Waals surface area contributed by atoms with Crippen LogP contribution in [-0.2, 0) is 19.9 Å². The lowest BCUT2D eigenvalue weighted by atomic mass is 9.91. The zero-order chi connectivity index (χ0) is 16.9. The number of hydrogen-bond acceptors (Lipinski definition) is 3. The van der Waals surface area contributed by atoms with Gasteiger partial charge in [0, 0.05) is 12.6 Å². The summed E-state index contributed by atoms with van der Waals surface area (Å²) < 4.78 is 6.01. The maximum atomic E-state index is 12.9. The van der Waals surface area contributed by atoms with Gasteiger partial charge in [-0.25, -0.2) is 0 Å². The standard InChI is InChI=1S/C20H17NO3/c1-13-8-9-16-15(10-13)20(19(23)21(16)2)12-17(22)18(24-20)11-14-6-4-3-5-7-14/h3-11H,12H2,1-2H3/b18-11+. The first kappa shape index (κ1) is 14.7. The fourth-order valence-electron chi connectivity index (χ4n) is 3.44. The van der Waals surface area contributed by atoms with Gasteiger partial charge >= 0.3 is 0 Å². The van der Waals surface area contributed by atoms with E-state index in [2.05, 4.69) is 0 Å². The van der Waals surface area contributed by atoms with Gasteiger partial charge in [-0.1, -0.05) is 42.0 Å². The van der Waals surface area contributed by atoms with E-state index in [4.69, 9.17) is 4.74 Å². The molecule has 0 aromatic heterocycles. The molecule has 0 aliphatic carbocycles. The molecule has 1 fully saturated rings. The van der Waals surface area contributed by atoms with Crippen molar-refractivity contribution in [2.75, 3.05) is 11.9 Å². The Morgan fingerprint density at radius 1 is 1.12 bits per heavy atom. The van der Waals surface area contributed by atoms with Gasteiger partial charge in [0.25, 0.3) is 5.91 Å². The largest absolute Gasteiger partial charge is 0.468 e. The quantitative estimate of drug-likeness (QED) is 0.758. The molecule has 0 radical (unpaired) electrons. The summed E-state index contributed by atoms with van der Waals surface area (Å²) in [5.74, 6) is -0.0832. The maximum Gasteiger partial charge on any atom is 0.276 e. The van der Waals surface area contributed by atoms with E-state index in [1.807, 2.05) is 55.5 Å². The van der Waals surface area contributed by atoms with Crippen LogP contribution in [-0.4, -0.2) is 18.7 Å². The van der Waals surface area contributed by atoms with Gasteiger partial charge in [-0.3, -0.25) is 9.59 Å². The number of nitrogens with zero attached hydrogens (tertiary/aromatic N) is 1. The number of hydrogen-bond donors (Lipinski definition) is 0. The van der Waals surface area contributed by atoms with E-state index in [0.29, 0.717) is 0 Å². The molecule has 1 amide bonds. The van der Waals surface area contributed by atoms with Crippen molar-refractivity contribution in [1.82, 2.24) is 0 Å². The van der Waals surface area contributed by atoms with E-state index < -0.39 is 5.60 Å². The van der Waals surface area contributed by atoms with E-state index in [0.717, 1.165) is 22.4 Å². The van der Waals surface area contributed by atoms with Crippen LogP contribution in [0.2, 0.25) is 0 Å². The number of Topliss-reactive ketones (excluding diaryl/α,β-unsaturated/α-hetero) is 1. The highest BCUT2D eigenvalue weighted by Gasteiger charge is 2.58. The minimum absolute atomic E-state index is 0.0469. The fraction of sp³-hybridized carbons (Fsp3) is 0.200. The SMILES string of the molecule is Cc1ccc2c(c1)C1(CC(=O)/C(=C\c3ccccc3)O1)C(=O)N2C. The van der Waals surface area contributed by atoms with Gasteiger partial charge < -0.3 is 9.64 Å². The first-order chi connectivity index (χ1) is 11.5. The Morgan fingerprint density at radius 3 is 2.62 bits per heavy atom. The van der Waals surface area contributed by atoms with Gasteiger partial charge in [0.05, 0.1) is 12.1 Å². The Labute approximate surface area is 140 Å². The Hall–Kier alpha value is -2.88. The lowest BCUT2D eigenvalue weighted by Crippen LogP contribution is -2.38. The smallest absolute Gasteiger partial charge is 0.276 e. The highest BCUT2D eigenvalue weighted by atomic mass is 16.5. The molecule has 1 unspecified atom stereocenters. The number of allylic oxidation sites excluding steroid dienone is 1. The van der Waals surface area contributed by atoms with Crippen molar-refractivity contribution in [2.45, 2.75) is 18.9 Å². The molecular formula is C20H17NO3. The zero-order valence-electron chi connectivity index (χ0n) is 13.6. The maximum absolute atomic E-state index is 12.9. The lowest BCUT2D eigenvalue weighted by Gasteiger charge is -2.21. The second-order valence-electron chi connectivity index (χ2n) is 6.33. The van der Waals surface area contributed by atoms with Crippen LogP contribution in [0, 0.1) is 6.92 Å². The lowest BCUT2D eigenvalue weighted by molar-refractivity contribution is -0.135. The van der Waals surface area contributed by atoms with Crippen molar-refractivity contribution < 1.29 is 14.3 Å². The van der Waals surface area contributed by atoms with Crippen molar-refractivity contribution in [3.05, 3.63) is 71.0 Å². The Morgan fingerprint density at radius 2 is 1.88 bits per heavy atom. The van der Waals surface area contributed by atoms with Crippen LogP contribution >= 0.6 is 0 Å². The third-order valence-electron chi connectivity index (χ3n) is 4.66. The van der Waals surface area contributed by atoms with Gasteiger partial charge in [-0.05, 0) is 30.7 Å². The van der Waals surface area contributed by atoms with E-state index in [-0.39, 0.29) is 23.9 Å². The van der Waals surface area contributed by atoms with E-state index in [9.17, 15) is 9.59 Å². The van der Waals surface area contributed by atoms with Gasteiger partial charge in [0.2, 0.25) is 11.4 Å². The van der Waals surface area contributed by atoms with Crippen molar-refractivity contribution >= 4 is 23.5 Å². The van der Waals surface area contributed by atoms with Gasteiger partial charge in [0.15, 0.2) is 5.76 Å². The van der Waals surface area contributed by atoms with E-state index in [1.165, 1.54) is 0 Å². The molecule has 4 heteroatoms. The molecule has 0 bridgehead atoms. The number of ether oxygens (including phenoxy) is 1. The average Bonchev–Trinajstić information content (AvgIpc) is 3.00. The summed E-state index contributed by atoms with van der Waals surface area (Å²) in [6.45, 7) is 1.97. The molecule has 1 spiro atoms. The van der Waals surface area contributed by atoms with Crippen molar-refractivity contribution in [1.29, 1.82) is 0 Å². The van der Waals surface area contributed by atoms with Crippen LogP contribution in [0.25, 0.3) is 6.08 Å². The van der Waals surface area contributed by atoms with Crippen molar-refractivity contribution in [2.24, 2.45) is 0 Å². The molecule has 2 aromatic rings. The number of likely N-dealkylation sites (N-methyl/N-ethyl adjacent to an activating group) is 1. The van der Waals surface area contributed by atoms with Gasteiger partial charge in [-0.15, -0.1) is 0 Å². The number of aryl methyl sites for hydroxylation is 1. The molecule has 4 nitrogen and oxygen atoms in total. The number of anilines is 1. The molecule has 2 heterocycles. The molecule has 0 saturated carbocycles. The number of rotatable bonds is 1. The number of benzene rings is 2. The molecule has 2 aliphatic heterocycles. The van der Waals surface area contributed by atoms with Crippen LogP contribution in [0.3, 0.4) is 0 Å². The minimum Gasteiger partial charge on any atom is -0.468 e. The summed E-state index contributed by atoms with van der Waals surface area (Å²) in [7, 11) is 1.72. The molecule has 1 saturated heterocycles. The summed E-state index contributed by atoms with van der Waals surface area (Å²) in [6, 6.07) is 15.3. The first-order valence-electron chi connectivity index (χ1n) is 7.89. The Bertz CT molecular complexity index is 885. The number of fused-ring (bicyclic) bond motifs is 2. The second-order valence-corrected chi connectivity index (χ2v) is 6.33. The highest BCUT2D eigenvalue weighted by Crippen LogP contribution is 2.49. The third kappa shape index (κ3) is 1.99. The van der Waals surface area contributed by atoms with Crippen LogP contribution < -0.4 is 4.90 Å². The van der Waals surface area contributed by atoms with E-state index >= 15 is 0 Å². The van der Waals surface area contributed by atoms with Gasteiger partial charge in [-0.2, -0.15) is 0 Å². The number of ketones is 1.